The van der Waals surface area contributed by atoms with Gasteiger partial charge in [0.1, 0.15) is 5.67 Å². The van der Waals surface area contributed by atoms with Gasteiger partial charge in [0.15, 0.2) is 0 Å². The van der Waals surface area contributed by atoms with E-state index in [-0.39, 0.29) is 0 Å². The molecule has 0 fully saturated rings. The zero-order chi connectivity index (χ0) is 11.6. The third kappa shape index (κ3) is 10.7. The topological polar surface area (TPSA) is 0 Å². The average Bonchev–Trinajstić information content (AvgIpc) is 2.22. The fraction of sp³-hybridized carbons (Fsp3) is 1.00. The molecule has 0 N–H and O–H groups in total. The van der Waals surface area contributed by atoms with Gasteiger partial charge in [0, 0.05) is 5.33 Å². The van der Waals surface area contributed by atoms with Crippen molar-refractivity contribution in [2.24, 2.45) is 0 Å². The second kappa shape index (κ2) is 9.62. The minimum atomic E-state index is -0.998. The van der Waals surface area contributed by atoms with Crippen LogP contribution in [-0.2, 0) is 0 Å². The summed E-state index contributed by atoms with van der Waals surface area (Å²) in [6.07, 6.45) is 11.0. The van der Waals surface area contributed by atoms with Crippen LogP contribution in [0, 0.1) is 0 Å². The van der Waals surface area contributed by atoms with E-state index in [1.807, 2.05) is 0 Å². The second-order valence-electron chi connectivity index (χ2n) is 4.77. The van der Waals surface area contributed by atoms with Crippen LogP contribution in [0.1, 0.15) is 71.6 Å². The Morgan fingerprint density at radius 3 is 1.87 bits per heavy atom. The molecule has 0 rings (SSSR count). The molecule has 0 aliphatic carbocycles. The smallest absolute Gasteiger partial charge is 0.117 e. The molecule has 0 saturated carbocycles. The molecule has 0 aliphatic rings. The summed E-state index contributed by atoms with van der Waals surface area (Å²) in [5.74, 6) is 0. The van der Waals surface area contributed by atoms with Gasteiger partial charge in [-0.05, 0) is 13.3 Å². The van der Waals surface area contributed by atoms with Crippen LogP contribution in [0.25, 0.3) is 0 Å². The van der Waals surface area contributed by atoms with Crippen molar-refractivity contribution in [3.8, 4) is 0 Å². The monoisotopic (exact) mass is 280 g/mol. The average molecular weight is 281 g/mol. The molecular formula is C13H26BrF. The normalized spacial score (nSPS) is 15.2. The molecule has 92 valence electrons. The van der Waals surface area contributed by atoms with Crippen LogP contribution in [-0.4, -0.2) is 11.0 Å². The fourth-order valence-electron chi connectivity index (χ4n) is 1.69. The van der Waals surface area contributed by atoms with Crippen LogP contribution < -0.4 is 0 Å². The van der Waals surface area contributed by atoms with Gasteiger partial charge in [-0.25, -0.2) is 4.39 Å². The van der Waals surface area contributed by atoms with Crippen molar-refractivity contribution in [3.05, 3.63) is 0 Å². The molecule has 0 aromatic rings. The minimum Gasteiger partial charge on any atom is -0.243 e. The fourth-order valence-corrected chi connectivity index (χ4v) is 1.97. The summed E-state index contributed by atoms with van der Waals surface area (Å²) in [6.45, 7) is 3.92. The van der Waals surface area contributed by atoms with E-state index >= 15 is 0 Å². The van der Waals surface area contributed by atoms with Crippen LogP contribution in [0.15, 0.2) is 0 Å². The lowest BCUT2D eigenvalue weighted by atomic mass is 10.0. The molecule has 0 heterocycles. The number of halogens is 2. The SMILES string of the molecule is CCCCCCCCCCC(C)(F)CBr. The zero-order valence-electron chi connectivity index (χ0n) is 10.3. The van der Waals surface area contributed by atoms with E-state index < -0.39 is 5.67 Å². The van der Waals surface area contributed by atoms with E-state index in [9.17, 15) is 4.39 Å². The van der Waals surface area contributed by atoms with Gasteiger partial charge >= 0.3 is 0 Å². The predicted octanol–water partition coefficient (Wildman–Crippen LogP) is 5.64. The summed E-state index contributed by atoms with van der Waals surface area (Å²) < 4.78 is 13.4. The lowest BCUT2D eigenvalue weighted by Crippen LogP contribution is -2.19. The summed E-state index contributed by atoms with van der Waals surface area (Å²) >= 11 is 3.21. The molecule has 0 amide bonds. The number of hydrogen-bond donors (Lipinski definition) is 0. The van der Waals surface area contributed by atoms with Crippen LogP contribution in [0.2, 0.25) is 0 Å². The first-order chi connectivity index (χ1) is 7.12. The Hall–Kier alpha value is 0.410. The molecule has 0 spiro atoms. The van der Waals surface area contributed by atoms with Gasteiger partial charge in [-0.3, -0.25) is 0 Å². The first kappa shape index (κ1) is 15.4. The Labute approximate surface area is 103 Å². The predicted molar refractivity (Wildman–Crippen MR) is 70.5 cm³/mol. The highest BCUT2D eigenvalue weighted by Crippen LogP contribution is 2.22. The van der Waals surface area contributed by atoms with Gasteiger partial charge in [0.25, 0.3) is 0 Å². The lowest BCUT2D eigenvalue weighted by Gasteiger charge is -2.16. The van der Waals surface area contributed by atoms with Gasteiger partial charge in [0.2, 0.25) is 0 Å². The van der Waals surface area contributed by atoms with Gasteiger partial charge in [-0.1, -0.05) is 74.2 Å². The van der Waals surface area contributed by atoms with Crippen molar-refractivity contribution >= 4 is 15.9 Å². The molecule has 1 atom stereocenters. The minimum absolute atomic E-state index is 0.469. The number of alkyl halides is 2. The third-order valence-corrected chi connectivity index (χ3v) is 4.00. The van der Waals surface area contributed by atoms with Crippen molar-refractivity contribution in [2.45, 2.75) is 77.3 Å². The van der Waals surface area contributed by atoms with Gasteiger partial charge < -0.3 is 0 Å². The van der Waals surface area contributed by atoms with Crippen LogP contribution in [0.3, 0.4) is 0 Å². The Balaban J connectivity index is 3.11. The van der Waals surface area contributed by atoms with Crippen molar-refractivity contribution in [2.75, 3.05) is 5.33 Å². The summed E-state index contributed by atoms with van der Waals surface area (Å²) in [6, 6.07) is 0. The molecule has 1 unspecified atom stereocenters. The maximum absolute atomic E-state index is 13.4. The maximum Gasteiger partial charge on any atom is 0.117 e. The number of hydrogen-bond acceptors (Lipinski definition) is 0. The summed E-state index contributed by atoms with van der Waals surface area (Å²) in [5, 5.41) is 0.469. The maximum atomic E-state index is 13.4. The largest absolute Gasteiger partial charge is 0.243 e. The van der Waals surface area contributed by atoms with Crippen molar-refractivity contribution < 1.29 is 4.39 Å². The molecule has 0 saturated heterocycles. The zero-order valence-corrected chi connectivity index (χ0v) is 11.9. The Morgan fingerprint density at radius 1 is 0.933 bits per heavy atom. The van der Waals surface area contributed by atoms with Crippen molar-refractivity contribution in [1.29, 1.82) is 0 Å². The van der Waals surface area contributed by atoms with E-state index in [4.69, 9.17) is 0 Å². The molecule has 0 bridgehead atoms. The highest BCUT2D eigenvalue weighted by molar-refractivity contribution is 9.09. The molecule has 0 aromatic carbocycles. The molecule has 0 radical (unpaired) electrons. The van der Waals surface area contributed by atoms with E-state index in [1.165, 1.54) is 44.9 Å². The standard InChI is InChI=1S/C13H26BrF/c1-3-4-5-6-7-8-9-10-11-13(2,15)12-14/h3-12H2,1-2H3. The third-order valence-electron chi connectivity index (χ3n) is 2.83. The van der Waals surface area contributed by atoms with Crippen LogP contribution in [0.4, 0.5) is 4.39 Å². The first-order valence-electron chi connectivity index (χ1n) is 6.37. The van der Waals surface area contributed by atoms with Crippen molar-refractivity contribution in [3.63, 3.8) is 0 Å². The first-order valence-corrected chi connectivity index (χ1v) is 7.49. The summed E-state index contributed by atoms with van der Waals surface area (Å²) in [7, 11) is 0. The molecule has 2 heteroatoms. The number of unbranched alkanes of at least 4 members (excludes halogenated alkanes) is 7. The summed E-state index contributed by atoms with van der Waals surface area (Å²) in [5.41, 5.74) is -0.998. The van der Waals surface area contributed by atoms with Gasteiger partial charge in [-0.2, -0.15) is 0 Å². The Bertz CT molecular complexity index is 134. The molecule has 0 nitrogen and oxygen atoms in total. The summed E-state index contributed by atoms with van der Waals surface area (Å²) in [4.78, 5) is 0. The Kier molecular flexibility index (Phi) is 9.89. The molecule has 0 aliphatic heterocycles. The molecular weight excluding hydrogens is 255 g/mol. The number of rotatable bonds is 10. The van der Waals surface area contributed by atoms with E-state index in [0.29, 0.717) is 11.8 Å². The van der Waals surface area contributed by atoms with E-state index in [0.717, 1.165) is 6.42 Å². The highest BCUT2D eigenvalue weighted by atomic mass is 79.9. The van der Waals surface area contributed by atoms with Gasteiger partial charge in [-0.15, -0.1) is 0 Å². The van der Waals surface area contributed by atoms with E-state index in [2.05, 4.69) is 22.9 Å². The quantitative estimate of drug-likeness (QED) is 0.359. The van der Waals surface area contributed by atoms with Crippen molar-refractivity contribution in [1.82, 2.24) is 0 Å². The molecule has 15 heavy (non-hydrogen) atoms. The van der Waals surface area contributed by atoms with Crippen LogP contribution in [0.5, 0.6) is 0 Å². The van der Waals surface area contributed by atoms with Gasteiger partial charge in [0.05, 0.1) is 0 Å². The van der Waals surface area contributed by atoms with E-state index in [1.54, 1.807) is 6.92 Å². The Morgan fingerprint density at radius 2 is 1.40 bits per heavy atom. The highest BCUT2D eigenvalue weighted by Gasteiger charge is 2.19. The van der Waals surface area contributed by atoms with Crippen LogP contribution >= 0.6 is 15.9 Å². The lowest BCUT2D eigenvalue weighted by molar-refractivity contribution is 0.203. The second-order valence-corrected chi connectivity index (χ2v) is 5.33. The molecule has 0 aromatic heterocycles.